The third-order valence-electron chi connectivity index (χ3n) is 3.50. The van der Waals surface area contributed by atoms with Crippen molar-refractivity contribution in [2.75, 3.05) is 13.1 Å². The van der Waals surface area contributed by atoms with Crippen molar-refractivity contribution in [3.63, 3.8) is 0 Å². The fourth-order valence-electron chi connectivity index (χ4n) is 2.34. The first-order valence-corrected chi connectivity index (χ1v) is 7.55. The quantitative estimate of drug-likeness (QED) is 0.573. The van der Waals surface area contributed by atoms with E-state index in [0.29, 0.717) is 22.6 Å². The van der Waals surface area contributed by atoms with Crippen molar-refractivity contribution < 1.29 is 0 Å². The molecule has 0 aromatic carbocycles. The van der Waals surface area contributed by atoms with E-state index in [2.05, 4.69) is 49.7 Å². The molecule has 2 nitrogen and oxygen atoms in total. The SMILES string of the molecule is CC[C@@H]1NCC[C@H]1S.CC[C@H]1NCC[C@@H]1S. The standard InChI is InChI=1S/2C6H13NS/c2*1-2-5-6(8)3-4-7-5/h2*5-8H,2-4H2,1H3/t2*5-,6+/m10/s1. The summed E-state index contributed by atoms with van der Waals surface area (Å²) in [5, 5.41) is 7.98. The molecule has 2 rings (SSSR count). The highest BCUT2D eigenvalue weighted by Crippen LogP contribution is 2.15. The Morgan fingerprint density at radius 1 is 0.875 bits per heavy atom. The van der Waals surface area contributed by atoms with Gasteiger partial charge in [-0.1, -0.05) is 13.8 Å². The van der Waals surface area contributed by atoms with Crippen LogP contribution in [0.1, 0.15) is 39.5 Å². The van der Waals surface area contributed by atoms with Gasteiger partial charge in [-0.3, -0.25) is 0 Å². The Morgan fingerprint density at radius 3 is 1.38 bits per heavy atom. The molecule has 0 radical (unpaired) electrons. The van der Waals surface area contributed by atoms with Crippen LogP contribution in [-0.2, 0) is 0 Å². The van der Waals surface area contributed by atoms with Gasteiger partial charge in [-0.25, -0.2) is 0 Å². The number of thiol groups is 2. The van der Waals surface area contributed by atoms with Crippen molar-refractivity contribution in [3.05, 3.63) is 0 Å². The Morgan fingerprint density at radius 2 is 1.25 bits per heavy atom. The highest BCUT2D eigenvalue weighted by atomic mass is 32.1. The number of hydrogen-bond donors (Lipinski definition) is 4. The zero-order valence-electron chi connectivity index (χ0n) is 10.4. The van der Waals surface area contributed by atoms with Crippen LogP contribution in [-0.4, -0.2) is 35.7 Å². The molecule has 2 aliphatic heterocycles. The summed E-state index contributed by atoms with van der Waals surface area (Å²) in [7, 11) is 0. The molecular formula is C12H26N2S2. The fourth-order valence-corrected chi connectivity index (χ4v) is 3.23. The first kappa shape index (κ1) is 14.7. The van der Waals surface area contributed by atoms with Crippen LogP contribution in [0.4, 0.5) is 0 Å². The highest BCUT2D eigenvalue weighted by Gasteiger charge is 2.21. The molecule has 2 fully saturated rings. The van der Waals surface area contributed by atoms with Gasteiger partial charge >= 0.3 is 0 Å². The van der Waals surface area contributed by atoms with Crippen LogP contribution in [0.3, 0.4) is 0 Å². The predicted molar refractivity (Wildman–Crippen MR) is 78.9 cm³/mol. The summed E-state index contributed by atoms with van der Waals surface area (Å²) in [6.07, 6.45) is 4.91. The molecule has 0 spiro atoms. The zero-order chi connectivity index (χ0) is 12.0. The zero-order valence-corrected chi connectivity index (χ0v) is 12.2. The van der Waals surface area contributed by atoms with Crippen molar-refractivity contribution in [3.8, 4) is 0 Å². The molecule has 2 N–H and O–H groups in total. The summed E-state index contributed by atoms with van der Waals surface area (Å²) in [5.41, 5.74) is 0. The summed E-state index contributed by atoms with van der Waals surface area (Å²) in [6.45, 7) is 6.72. The van der Waals surface area contributed by atoms with Crippen LogP contribution < -0.4 is 10.6 Å². The average Bonchev–Trinajstić information content (AvgIpc) is 2.87. The fraction of sp³-hybridized carbons (Fsp3) is 1.00. The van der Waals surface area contributed by atoms with Crippen molar-refractivity contribution in [1.29, 1.82) is 0 Å². The third-order valence-corrected chi connectivity index (χ3v) is 4.74. The third kappa shape index (κ3) is 4.47. The molecule has 2 aliphatic rings. The molecule has 4 heteroatoms. The van der Waals surface area contributed by atoms with Crippen LogP contribution in [0.25, 0.3) is 0 Å². The lowest BCUT2D eigenvalue weighted by Crippen LogP contribution is -2.25. The molecule has 0 unspecified atom stereocenters. The van der Waals surface area contributed by atoms with E-state index in [4.69, 9.17) is 0 Å². The molecule has 2 heterocycles. The first-order valence-electron chi connectivity index (χ1n) is 6.51. The summed E-state index contributed by atoms with van der Waals surface area (Å²) in [6, 6.07) is 1.36. The van der Waals surface area contributed by atoms with Gasteiger partial charge in [0.25, 0.3) is 0 Å². The molecule has 4 atom stereocenters. The lowest BCUT2D eigenvalue weighted by atomic mass is 10.2. The van der Waals surface area contributed by atoms with Gasteiger partial charge in [-0.2, -0.15) is 25.3 Å². The lowest BCUT2D eigenvalue weighted by molar-refractivity contribution is 0.598. The molecule has 0 aromatic rings. The Bertz CT molecular complexity index is 170. The van der Waals surface area contributed by atoms with Crippen LogP contribution in [0.15, 0.2) is 0 Å². The maximum Gasteiger partial charge on any atom is 0.0182 e. The second-order valence-corrected chi connectivity index (χ2v) is 5.98. The lowest BCUT2D eigenvalue weighted by Gasteiger charge is -2.10. The average molecular weight is 262 g/mol. The molecule has 96 valence electrons. The first-order chi connectivity index (χ1) is 7.69. The van der Waals surface area contributed by atoms with Crippen LogP contribution >= 0.6 is 25.3 Å². The van der Waals surface area contributed by atoms with E-state index in [1.54, 1.807) is 0 Å². The van der Waals surface area contributed by atoms with E-state index >= 15 is 0 Å². The molecule has 0 aromatic heterocycles. The van der Waals surface area contributed by atoms with Crippen molar-refractivity contribution in [2.45, 2.75) is 62.1 Å². The summed E-state index contributed by atoms with van der Waals surface area (Å²) < 4.78 is 0. The molecule has 0 bridgehead atoms. The van der Waals surface area contributed by atoms with E-state index in [0.717, 1.165) is 13.1 Å². The normalized spacial score (nSPS) is 38.2. The van der Waals surface area contributed by atoms with Crippen LogP contribution in [0.5, 0.6) is 0 Å². The Labute approximate surface area is 111 Å². The Hall–Kier alpha value is 0.620. The summed E-state index contributed by atoms with van der Waals surface area (Å²) in [4.78, 5) is 0. The van der Waals surface area contributed by atoms with E-state index in [1.807, 2.05) is 0 Å². The monoisotopic (exact) mass is 262 g/mol. The Kier molecular flexibility index (Phi) is 7.20. The minimum Gasteiger partial charge on any atom is -0.313 e. The summed E-state index contributed by atoms with van der Waals surface area (Å²) in [5.74, 6) is 0. The van der Waals surface area contributed by atoms with E-state index < -0.39 is 0 Å². The summed E-state index contributed by atoms with van der Waals surface area (Å²) >= 11 is 8.81. The van der Waals surface area contributed by atoms with E-state index in [-0.39, 0.29) is 0 Å². The highest BCUT2D eigenvalue weighted by molar-refractivity contribution is 7.81. The molecule has 0 aliphatic carbocycles. The molecule has 16 heavy (non-hydrogen) atoms. The smallest absolute Gasteiger partial charge is 0.0182 e. The molecule has 2 saturated heterocycles. The number of hydrogen-bond acceptors (Lipinski definition) is 4. The van der Waals surface area contributed by atoms with Gasteiger partial charge in [-0.15, -0.1) is 0 Å². The predicted octanol–water partition coefficient (Wildman–Crippen LogP) is 2.11. The number of rotatable bonds is 2. The van der Waals surface area contributed by atoms with Crippen LogP contribution in [0.2, 0.25) is 0 Å². The molecule has 0 amide bonds. The van der Waals surface area contributed by atoms with Gasteiger partial charge in [0.2, 0.25) is 0 Å². The van der Waals surface area contributed by atoms with Crippen molar-refractivity contribution >= 4 is 25.3 Å². The number of nitrogens with one attached hydrogen (secondary N) is 2. The van der Waals surface area contributed by atoms with Gasteiger partial charge in [0.05, 0.1) is 0 Å². The largest absolute Gasteiger partial charge is 0.313 e. The van der Waals surface area contributed by atoms with Gasteiger partial charge in [0.1, 0.15) is 0 Å². The topological polar surface area (TPSA) is 24.1 Å². The van der Waals surface area contributed by atoms with E-state index in [1.165, 1.54) is 25.7 Å². The minimum atomic E-state index is 0.611. The van der Waals surface area contributed by atoms with Crippen molar-refractivity contribution in [1.82, 2.24) is 10.6 Å². The van der Waals surface area contributed by atoms with Gasteiger partial charge in [0, 0.05) is 22.6 Å². The van der Waals surface area contributed by atoms with Gasteiger partial charge in [-0.05, 0) is 38.8 Å². The van der Waals surface area contributed by atoms with Crippen molar-refractivity contribution in [2.24, 2.45) is 0 Å². The Balaban J connectivity index is 0.000000160. The second-order valence-electron chi connectivity index (χ2n) is 4.65. The van der Waals surface area contributed by atoms with Gasteiger partial charge < -0.3 is 10.6 Å². The maximum absolute atomic E-state index is 4.40. The molecule has 0 saturated carbocycles. The van der Waals surface area contributed by atoms with Crippen LogP contribution in [0, 0.1) is 0 Å². The second kappa shape index (κ2) is 7.85. The molecular weight excluding hydrogens is 236 g/mol. The minimum absolute atomic E-state index is 0.611. The van der Waals surface area contributed by atoms with Gasteiger partial charge in [0.15, 0.2) is 0 Å². The maximum atomic E-state index is 4.40. The van der Waals surface area contributed by atoms with E-state index in [9.17, 15) is 0 Å².